The molecule has 1 aromatic carbocycles. The third kappa shape index (κ3) is 15.0. The fourth-order valence-corrected chi connectivity index (χ4v) is 3.02. The highest BCUT2D eigenvalue weighted by Crippen LogP contribution is 2.28. The summed E-state index contributed by atoms with van der Waals surface area (Å²) in [7, 11) is 0. The van der Waals surface area contributed by atoms with Crippen molar-refractivity contribution in [2.45, 2.75) is 72.8 Å². The third-order valence-electron chi connectivity index (χ3n) is 4.74. The molecule has 0 fully saturated rings. The zero-order chi connectivity index (χ0) is 23.0. The van der Waals surface area contributed by atoms with Crippen molar-refractivity contribution in [3.63, 3.8) is 0 Å². The van der Waals surface area contributed by atoms with Gasteiger partial charge in [-0.3, -0.25) is 9.59 Å². The Morgan fingerprint density at radius 2 is 1.43 bits per heavy atom. The average molecular weight is 435 g/mol. The van der Waals surface area contributed by atoms with Crippen LogP contribution in [0.2, 0.25) is 0 Å². The number of rotatable bonds is 13. The second-order valence-electron chi connectivity index (χ2n) is 9.16. The van der Waals surface area contributed by atoms with Crippen LogP contribution in [0.1, 0.15) is 71.8 Å². The molecule has 3 nitrogen and oxygen atoms in total. The van der Waals surface area contributed by atoms with Crippen molar-refractivity contribution < 1.29 is 14.3 Å². The topological polar surface area (TPSA) is 43.4 Å². The van der Waals surface area contributed by atoms with Gasteiger partial charge in [-0.25, -0.2) is 0 Å². The minimum Gasteiger partial charge on any atom is -0.461 e. The number of hydrogen-bond acceptors (Lipinski definition) is 3. The highest BCUT2D eigenvalue weighted by molar-refractivity contribution is 6.27. The second-order valence-corrected chi connectivity index (χ2v) is 9.42. The Morgan fingerprint density at radius 3 is 1.90 bits per heavy atom. The molecule has 0 amide bonds. The fourth-order valence-electron chi connectivity index (χ4n) is 2.92. The van der Waals surface area contributed by atoms with Gasteiger partial charge in [-0.2, -0.15) is 0 Å². The Bertz CT molecular complexity index is 648. The normalized spacial score (nSPS) is 11.1. The summed E-state index contributed by atoms with van der Waals surface area (Å²) in [5.74, 6) is 0.135. The van der Waals surface area contributed by atoms with Gasteiger partial charge >= 0.3 is 5.97 Å². The van der Waals surface area contributed by atoms with Crippen molar-refractivity contribution in [1.82, 2.24) is 0 Å². The van der Waals surface area contributed by atoms with Crippen molar-refractivity contribution in [3.8, 4) is 0 Å². The first-order valence-electron chi connectivity index (χ1n) is 10.5. The summed E-state index contributed by atoms with van der Waals surface area (Å²) in [4.78, 5) is 22.8. The number of allylic oxidation sites excluding steroid dienone is 2. The number of halogens is 1. The van der Waals surface area contributed by atoms with Gasteiger partial charge in [0.15, 0.2) is 0 Å². The average Bonchev–Trinajstić information content (AvgIpc) is 2.70. The molecule has 0 unspecified atom stereocenters. The Morgan fingerprint density at radius 1 is 0.933 bits per heavy atom. The molecule has 0 aliphatic carbocycles. The summed E-state index contributed by atoms with van der Waals surface area (Å²) < 4.78 is 5.28. The summed E-state index contributed by atoms with van der Waals surface area (Å²) in [5, 5.41) is 0. The lowest BCUT2D eigenvalue weighted by Crippen LogP contribution is -2.18. The van der Waals surface area contributed by atoms with Crippen molar-refractivity contribution in [2.75, 3.05) is 5.88 Å². The molecular formula is C26H39ClO3. The Labute approximate surface area is 188 Å². The van der Waals surface area contributed by atoms with E-state index in [-0.39, 0.29) is 28.5 Å². The predicted molar refractivity (Wildman–Crippen MR) is 128 cm³/mol. The molecule has 0 aliphatic heterocycles. The molecule has 4 heteroatoms. The molecule has 0 N–H and O–H groups in total. The summed E-state index contributed by atoms with van der Waals surface area (Å²) in [6.07, 6.45) is 8.64. The zero-order valence-electron chi connectivity index (χ0n) is 19.2. The van der Waals surface area contributed by atoms with E-state index in [1.165, 1.54) is 0 Å². The minimum absolute atomic E-state index is 0.0258. The number of esters is 1. The van der Waals surface area contributed by atoms with Crippen LogP contribution in [0.15, 0.2) is 55.6 Å². The summed E-state index contributed by atoms with van der Waals surface area (Å²) in [6.45, 7) is 16.0. The van der Waals surface area contributed by atoms with Gasteiger partial charge in [-0.15, -0.1) is 24.8 Å². The highest BCUT2D eigenvalue weighted by Gasteiger charge is 2.22. The van der Waals surface area contributed by atoms with Gasteiger partial charge in [0.1, 0.15) is 12.4 Å². The molecule has 0 atom stereocenters. The zero-order valence-corrected chi connectivity index (χ0v) is 20.0. The van der Waals surface area contributed by atoms with Crippen LogP contribution in [0.3, 0.4) is 0 Å². The van der Waals surface area contributed by atoms with E-state index in [0.29, 0.717) is 19.4 Å². The van der Waals surface area contributed by atoms with Crippen LogP contribution in [0, 0.1) is 10.8 Å². The number of carbonyl (C=O) groups excluding carboxylic acids is 2. The van der Waals surface area contributed by atoms with Crippen molar-refractivity contribution >= 4 is 23.4 Å². The van der Waals surface area contributed by atoms with Gasteiger partial charge in [0, 0.05) is 6.42 Å². The van der Waals surface area contributed by atoms with E-state index >= 15 is 0 Å². The van der Waals surface area contributed by atoms with Gasteiger partial charge in [-0.05, 0) is 42.1 Å². The SMILES string of the molecule is C=CCCC(C)(C)CC(=O)CCl.C=CCCC(C)(C)CC(=O)OCc1ccccc1. The summed E-state index contributed by atoms with van der Waals surface area (Å²) in [5.41, 5.74) is 1.07. The van der Waals surface area contributed by atoms with E-state index in [9.17, 15) is 9.59 Å². The number of ketones is 1. The molecule has 0 heterocycles. The molecule has 1 aromatic rings. The van der Waals surface area contributed by atoms with Crippen LogP contribution in [-0.4, -0.2) is 17.6 Å². The van der Waals surface area contributed by atoms with Gasteiger partial charge < -0.3 is 4.74 Å². The molecule has 1 rings (SSSR count). The summed E-state index contributed by atoms with van der Waals surface area (Å²) in [6, 6.07) is 9.74. The highest BCUT2D eigenvalue weighted by atomic mass is 35.5. The van der Waals surface area contributed by atoms with E-state index in [4.69, 9.17) is 16.3 Å². The quantitative estimate of drug-likeness (QED) is 0.186. The number of benzene rings is 1. The lowest BCUT2D eigenvalue weighted by molar-refractivity contribution is -0.147. The molecule has 0 radical (unpaired) electrons. The van der Waals surface area contributed by atoms with Crippen LogP contribution in [0.25, 0.3) is 0 Å². The van der Waals surface area contributed by atoms with Crippen LogP contribution in [0.4, 0.5) is 0 Å². The van der Waals surface area contributed by atoms with Crippen molar-refractivity contribution in [3.05, 3.63) is 61.2 Å². The Hall–Kier alpha value is -1.87. The smallest absolute Gasteiger partial charge is 0.306 e. The van der Waals surface area contributed by atoms with Crippen LogP contribution >= 0.6 is 11.6 Å². The molecule has 0 aliphatic rings. The first kappa shape index (κ1) is 28.1. The molecule has 168 valence electrons. The van der Waals surface area contributed by atoms with E-state index in [1.807, 2.05) is 42.5 Å². The minimum atomic E-state index is -0.132. The van der Waals surface area contributed by atoms with Crippen molar-refractivity contribution in [2.24, 2.45) is 10.8 Å². The van der Waals surface area contributed by atoms with Crippen molar-refractivity contribution in [1.29, 1.82) is 0 Å². The molecule has 0 spiro atoms. The van der Waals surface area contributed by atoms with Gasteiger partial charge in [0.05, 0.1) is 12.3 Å². The maximum Gasteiger partial charge on any atom is 0.306 e. The van der Waals surface area contributed by atoms with Gasteiger partial charge in [0.2, 0.25) is 0 Å². The predicted octanol–water partition coefficient (Wildman–Crippen LogP) is 7.29. The van der Waals surface area contributed by atoms with E-state index in [0.717, 1.165) is 31.2 Å². The lowest BCUT2D eigenvalue weighted by atomic mass is 9.83. The number of ether oxygens (including phenoxy) is 1. The first-order valence-corrected chi connectivity index (χ1v) is 11.1. The first-order chi connectivity index (χ1) is 14.0. The maximum atomic E-state index is 11.7. The largest absolute Gasteiger partial charge is 0.461 e. The standard InChI is InChI=1S/C16H22O2.C10H17ClO/c1-4-5-11-16(2,3)12-15(17)18-13-14-9-7-6-8-10-14;1-4-5-6-10(2,3)7-9(12)8-11/h4,6-10H,1,5,11-13H2,2-3H3;4H,1,5-8H2,2-3H3. The van der Waals surface area contributed by atoms with Crippen LogP contribution in [-0.2, 0) is 20.9 Å². The number of carbonyl (C=O) groups is 2. The van der Waals surface area contributed by atoms with E-state index in [1.54, 1.807) is 0 Å². The molecule has 0 aromatic heterocycles. The Balaban J connectivity index is 0.000000612. The fraction of sp³-hybridized carbons (Fsp3) is 0.538. The van der Waals surface area contributed by atoms with Crippen LogP contribution < -0.4 is 0 Å². The third-order valence-corrected chi connectivity index (χ3v) is 5.04. The second kappa shape index (κ2) is 15.0. The molecule has 0 saturated carbocycles. The maximum absolute atomic E-state index is 11.7. The molecule has 30 heavy (non-hydrogen) atoms. The number of Topliss-reactive ketones (excluding diaryl/α,β-unsaturated/α-hetero) is 1. The molecule has 0 bridgehead atoms. The van der Waals surface area contributed by atoms with Gasteiger partial charge in [-0.1, -0.05) is 70.2 Å². The molecular weight excluding hydrogens is 396 g/mol. The van der Waals surface area contributed by atoms with Gasteiger partial charge in [0.25, 0.3) is 0 Å². The monoisotopic (exact) mass is 434 g/mol. The van der Waals surface area contributed by atoms with Crippen LogP contribution in [0.5, 0.6) is 0 Å². The number of alkyl halides is 1. The number of hydrogen-bond donors (Lipinski definition) is 0. The van der Waals surface area contributed by atoms with E-state index < -0.39 is 0 Å². The Kier molecular flexibility index (Phi) is 14.1. The van der Waals surface area contributed by atoms with E-state index in [2.05, 4.69) is 40.9 Å². The summed E-state index contributed by atoms with van der Waals surface area (Å²) >= 11 is 5.42. The molecule has 0 saturated heterocycles. The lowest BCUT2D eigenvalue weighted by Gasteiger charge is -2.22.